The minimum Gasteiger partial charge on any atom is -0.372 e. The number of hydrogen-bond donors (Lipinski definition) is 1. The SMILES string of the molecule is CCOCC(=O)N[C@@H](C)Cc1c(C)nn(C)c1C. The summed E-state index contributed by atoms with van der Waals surface area (Å²) in [6.07, 6.45) is 0.795. The van der Waals surface area contributed by atoms with Crippen molar-refractivity contribution in [2.45, 2.75) is 40.2 Å². The van der Waals surface area contributed by atoms with Gasteiger partial charge in [0.05, 0.1) is 5.69 Å². The molecule has 1 aromatic heterocycles. The molecule has 0 spiro atoms. The van der Waals surface area contributed by atoms with Crippen molar-refractivity contribution in [3.05, 3.63) is 17.0 Å². The van der Waals surface area contributed by atoms with Crippen molar-refractivity contribution in [2.24, 2.45) is 7.05 Å². The van der Waals surface area contributed by atoms with Crippen LogP contribution in [0.4, 0.5) is 0 Å². The van der Waals surface area contributed by atoms with E-state index in [4.69, 9.17) is 4.74 Å². The maximum absolute atomic E-state index is 11.5. The number of aromatic nitrogens is 2. The number of hydrogen-bond acceptors (Lipinski definition) is 3. The predicted molar refractivity (Wildman–Crippen MR) is 70.5 cm³/mol. The van der Waals surface area contributed by atoms with Gasteiger partial charge >= 0.3 is 0 Å². The number of aryl methyl sites for hydroxylation is 2. The third-order valence-electron chi connectivity index (χ3n) is 3.01. The highest BCUT2D eigenvalue weighted by Gasteiger charge is 2.14. The third kappa shape index (κ3) is 3.84. The van der Waals surface area contributed by atoms with Gasteiger partial charge in [-0.1, -0.05) is 0 Å². The van der Waals surface area contributed by atoms with E-state index in [9.17, 15) is 4.79 Å². The standard InChI is InChI=1S/C13H23N3O2/c1-6-18-8-13(17)14-9(2)7-12-10(3)15-16(5)11(12)4/h9H,6-8H2,1-5H3,(H,14,17)/t9-/m0/s1. The van der Waals surface area contributed by atoms with Crippen LogP contribution in [0.3, 0.4) is 0 Å². The molecule has 0 radical (unpaired) electrons. The number of carbonyl (C=O) groups is 1. The molecule has 0 aromatic carbocycles. The molecule has 0 saturated carbocycles. The molecular weight excluding hydrogens is 230 g/mol. The van der Waals surface area contributed by atoms with Crippen LogP contribution in [0.25, 0.3) is 0 Å². The van der Waals surface area contributed by atoms with Gasteiger partial charge in [0.25, 0.3) is 0 Å². The fraction of sp³-hybridized carbons (Fsp3) is 0.692. The van der Waals surface area contributed by atoms with E-state index in [0.717, 1.165) is 17.8 Å². The number of rotatable bonds is 6. The molecule has 0 aliphatic carbocycles. The van der Waals surface area contributed by atoms with Gasteiger partial charge in [-0.3, -0.25) is 9.48 Å². The summed E-state index contributed by atoms with van der Waals surface area (Å²) in [6, 6.07) is 0.0829. The van der Waals surface area contributed by atoms with Crippen molar-refractivity contribution < 1.29 is 9.53 Å². The molecule has 5 heteroatoms. The topological polar surface area (TPSA) is 56.1 Å². The van der Waals surface area contributed by atoms with Crippen molar-refractivity contribution in [3.63, 3.8) is 0 Å². The molecule has 0 unspecified atom stereocenters. The third-order valence-corrected chi connectivity index (χ3v) is 3.01. The van der Waals surface area contributed by atoms with Gasteiger partial charge in [-0.15, -0.1) is 0 Å². The van der Waals surface area contributed by atoms with Crippen LogP contribution in [0, 0.1) is 13.8 Å². The van der Waals surface area contributed by atoms with Crippen LogP contribution in [0.2, 0.25) is 0 Å². The van der Waals surface area contributed by atoms with Gasteiger partial charge in [-0.2, -0.15) is 5.10 Å². The zero-order chi connectivity index (χ0) is 13.7. The Balaban J connectivity index is 2.54. The fourth-order valence-electron chi connectivity index (χ4n) is 1.98. The first-order valence-electron chi connectivity index (χ1n) is 6.31. The molecule has 102 valence electrons. The number of carbonyl (C=O) groups excluding carboxylic acids is 1. The molecule has 1 amide bonds. The largest absolute Gasteiger partial charge is 0.372 e. The fourth-order valence-corrected chi connectivity index (χ4v) is 1.98. The normalized spacial score (nSPS) is 12.5. The summed E-state index contributed by atoms with van der Waals surface area (Å²) in [5.41, 5.74) is 3.39. The molecule has 18 heavy (non-hydrogen) atoms. The first-order chi connectivity index (χ1) is 8.45. The van der Waals surface area contributed by atoms with E-state index >= 15 is 0 Å². The van der Waals surface area contributed by atoms with Crippen LogP contribution in [0.5, 0.6) is 0 Å². The predicted octanol–water partition coefficient (Wildman–Crippen LogP) is 1.12. The van der Waals surface area contributed by atoms with Crippen molar-refractivity contribution >= 4 is 5.91 Å². The minimum atomic E-state index is -0.0662. The maximum atomic E-state index is 11.5. The lowest BCUT2D eigenvalue weighted by molar-refractivity contribution is -0.126. The summed E-state index contributed by atoms with van der Waals surface area (Å²) in [5, 5.41) is 7.30. The molecule has 0 aliphatic rings. The molecule has 0 aliphatic heterocycles. The van der Waals surface area contributed by atoms with Crippen LogP contribution in [0.1, 0.15) is 30.8 Å². The second kappa shape index (κ2) is 6.54. The summed E-state index contributed by atoms with van der Waals surface area (Å²) in [5.74, 6) is -0.0662. The van der Waals surface area contributed by atoms with Gasteiger partial charge in [0.1, 0.15) is 6.61 Å². The number of nitrogens with zero attached hydrogens (tertiary/aromatic N) is 2. The molecule has 0 saturated heterocycles. The van der Waals surface area contributed by atoms with Crippen LogP contribution >= 0.6 is 0 Å². The molecule has 1 N–H and O–H groups in total. The van der Waals surface area contributed by atoms with Crippen LogP contribution in [-0.2, 0) is 23.0 Å². The lowest BCUT2D eigenvalue weighted by Gasteiger charge is -2.14. The van der Waals surface area contributed by atoms with Gasteiger partial charge in [0.2, 0.25) is 5.91 Å². The van der Waals surface area contributed by atoms with E-state index in [2.05, 4.69) is 10.4 Å². The van der Waals surface area contributed by atoms with Crippen molar-refractivity contribution in [1.29, 1.82) is 0 Å². The van der Waals surface area contributed by atoms with Crippen molar-refractivity contribution in [1.82, 2.24) is 15.1 Å². The Morgan fingerprint density at radius 3 is 2.67 bits per heavy atom. The monoisotopic (exact) mass is 253 g/mol. The van der Waals surface area contributed by atoms with E-state index < -0.39 is 0 Å². The van der Waals surface area contributed by atoms with E-state index in [1.807, 2.05) is 39.4 Å². The van der Waals surface area contributed by atoms with E-state index in [-0.39, 0.29) is 18.6 Å². The van der Waals surface area contributed by atoms with Crippen molar-refractivity contribution in [3.8, 4) is 0 Å². The van der Waals surface area contributed by atoms with E-state index in [1.54, 1.807) is 0 Å². The molecule has 1 heterocycles. The summed E-state index contributed by atoms with van der Waals surface area (Å²) in [4.78, 5) is 11.5. The molecule has 0 bridgehead atoms. The number of ether oxygens (including phenoxy) is 1. The molecular formula is C13H23N3O2. The van der Waals surface area contributed by atoms with Gasteiger partial charge in [-0.05, 0) is 39.7 Å². The highest BCUT2D eigenvalue weighted by Crippen LogP contribution is 2.13. The first-order valence-corrected chi connectivity index (χ1v) is 6.31. The Kier molecular flexibility index (Phi) is 5.34. The minimum absolute atomic E-state index is 0.0662. The van der Waals surface area contributed by atoms with Crippen molar-refractivity contribution in [2.75, 3.05) is 13.2 Å². The smallest absolute Gasteiger partial charge is 0.246 e. The van der Waals surface area contributed by atoms with Gasteiger partial charge < -0.3 is 10.1 Å². The van der Waals surface area contributed by atoms with Crippen LogP contribution in [-0.4, -0.2) is 34.9 Å². The quantitative estimate of drug-likeness (QED) is 0.826. The summed E-state index contributed by atoms with van der Waals surface area (Å²) in [7, 11) is 1.93. The van der Waals surface area contributed by atoms with Gasteiger partial charge in [0.15, 0.2) is 0 Å². The molecule has 1 aromatic rings. The molecule has 0 fully saturated rings. The number of amides is 1. The Labute approximate surface area is 109 Å². The highest BCUT2D eigenvalue weighted by molar-refractivity contribution is 5.77. The maximum Gasteiger partial charge on any atom is 0.246 e. The highest BCUT2D eigenvalue weighted by atomic mass is 16.5. The van der Waals surface area contributed by atoms with Gasteiger partial charge in [-0.25, -0.2) is 0 Å². The Morgan fingerprint density at radius 2 is 2.17 bits per heavy atom. The van der Waals surface area contributed by atoms with E-state index in [0.29, 0.717) is 6.61 Å². The molecule has 1 atom stereocenters. The Morgan fingerprint density at radius 1 is 1.50 bits per heavy atom. The van der Waals surface area contributed by atoms with Crippen LogP contribution in [0.15, 0.2) is 0 Å². The zero-order valence-corrected chi connectivity index (χ0v) is 11.9. The average Bonchev–Trinajstić information content (AvgIpc) is 2.53. The number of nitrogens with one attached hydrogen (secondary N) is 1. The zero-order valence-electron chi connectivity index (χ0n) is 11.9. The van der Waals surface area contributed by atoms with E-state index in [1.165, 1.54) is 5.56 Å². The summed E-state index contributed by atoms with van der Waals surface area (Å²) < 4.78 is 6.94. The second-order valence-electron chi connectivity index (χ2n) is 4.58. The molecule has 1 rings (SSSR count). The summed E-state index contributed by atoms with van der Waals surface area (Å²) >= 11 is 0. The van der Waals surface area contributed by atoms with Crippen LogP contribution < -0.4 is 5.32 Å². The summed E-state index contributed by atoms with van der Waals surface area (Å²) in [6.45, 7) is 8.60. The Bertz CT molecular complexity index is 413. The first kappa shape index (κ1) is 14.7. The Hall–Kier alpha value is -1.36. The van der Waals surface area contributed by atoms with Gasteiger partial charge in [0, 0.05) is 25.4 Å². The lowest BCUT2D eigenvalue weighted by Crippen LogP contribution is -2.36. The second-order valence-corrected chi connectivity index (χ2v) is 4.58. The molecule has 5 nitrogen and oxygen atoms in total. The lowest BCUT2D eigenvalue weighted by atomic mass is 10.1. The average molecular weight is 253 g/mol.